The molecule has 1 N–H and O–H groups in total. The number of para-hydroxylation sites is 1. The highest BCUT2D eigenvalue weighted by Crippen LogP contribution is 2.36. The first-order chi connectivity index (χ1) is 9.69. The van der Waals surface area contributed by atoms with E-state index >= 15 is 0 Å². The van der Waals surface area contributed by atoms with Gasteiger partial charge in [0.15, 0.2) is 0 Å². The Morgan fingerprint density at radius 2 is 2.10 bits per heavy atom. The van der Waals surface area contributed by atoms with E-state index in [1.807, 2.05) is 6.92 Å². The standard InChI is InChI=1S/C17H20N2O/c1-12-7-14-5-3-4-6-16(14)19(10-12)17-8-13(2)18-9-15(17)11-20/h3-6,8-9,12,20H,7,10-11H2,1-2H3. The largest absolute Gasteiger partial charge is 0.392 e. The van der Waals surface area contributed by atoms with Gasteiger partial charge in [-0.1, -0.05) is 25.1 Å². The average molecular weight is 268 g/mol. The third-order valence-corrected chi connectivity index (χ3v) is 3.90. The SMILES string of the molecule is Cc1cc(N2CC(C)Cc3ccccc32)c(CO)cn1. The maximum absolute atomic E-state index is 9.59. The van der Waals surface area contributed by atoms with E-state index in [0.29, 0.717) is 5.92 Å². The topological polar surface area (TPSA) is 36.4 Å². The van der Waals surface area contributed by atoms with Gasteiger partial charge in [0.05, 0.1) is 12.3 Å². The Morgan fingerprint density at radius 3 is 2.90 bits per heavy atom. The molecule has 20 heavy (non-hydrogen) atoms. The van der Waals surface area contributed by atoms with Gasteiger partial charge in [-0.05, 0) is 37.0 Å². The number of aliphatic hydroxyl groups excluding tert-OH is 1. The van der Waals surface area contributed by atoms with Gasteiger partial charge < -0.3 is 10.0 Å². The van der Waals surface area contributed by atoms with Crippen LogP contribution in [0.25, 0.3) is 0 Å². The van der Waals surface area contributed by atoms with Gasteiger partial charge in [-0.3, -0.25) is 4.98 Å². The van der Waals surface area contributed by atoms with Crippen LogP contribution in [0.2, 0.25) is 0 Å². The molecule has 3 heteroatoms. The van der Waals surface area contributed by atoms with Crippen molar-refractivity contribution in [1.82, 2.24) is 4.98 Å². The van der Waals surface area contributed by atoms with Crippen LogP contribution in [0.5, 0.6) is 0 Å². The molecule has 3 nitrogen and oxygen atoms in total. The Balaban J connectivity index is 2.13. The van der Waals surface area contributed by atoms with Crippen molar-refractivity contribution in [2.75, 3.05) is 11.4 Å². The number of fused-ring (bicyclic) bond motifs is 1. The zero-order chi connectivity index (χ0) is 14.1. The molecule has 1 unspecified atom stereocenters. The van der Waals surface area contributed by atoms with Crippen molar-refractivity contribution >= 4 is 11.4 Å². The number of benzene rings is 1. The van der Waals surface area contributed by atoms with Crippen molar-refractivity contribution in [3.8, 4) is 0 Å². The molecule has 0 bridgehead atoms. The molecule has 1 atom stereocenters. The lowest BCUT2D eigenvalue weighted by Crippen LogP contribution is -2.31. The summed E-state index contributed by atoms with van der Waals surface area (Å²) in [4.78, 5) is 6.62. The fourth-order valence-electron chi connectivity index (χ4n) is 2.97. The average Bonchev–Trinajstić information content (AvgIpc) is 2.46. The van der Waals surface area contributed by atoms with E-state index < -0.39 is 0 Å². The Morgan fingerprint density at radius 1 is 1.30 bits per heavy atom. The Bertz CT molecular complexity index is 624. The van der Waals surface area contributed by atoms with Crippen LogP contribution in [0, 0.1) is 12.8 Å². The summed E-state index contributed by atoms with van der Waals surface area (Å²) in [5.41, 5.74) is 5.59. The predicted octanol–water partition coefficient (Wildman–Crippen LogP) is 3.21. The zero-order valence-corrected chi connectivity index (χ0v) is 12.0. The predicted molar refractivity (Wildman–Crippen MR) is 81.2 cm³/mol. The van der Waals surface area contributed by atoms with Gasteiger partial charge in [0, 0.05) is 29.7 Å². The third-order valence-electron chi connectivity index (χ3n) is 3.90. The quantitative estimate of drug-likeness (QED) is 0.908. The van der Waals surface area contributed by atoms with Crippen LogP contribution < -0.4 is 4.90 Å². The number of anilines is 2. The minimum atomic E-state index is 0.0235. The molecule has 0 spiro atoms. The molecule has 1 aliphatic heterocycles. The van der Waals surface area contributed by atoms with E-state index in [1.54, 1.807) is 6.20 Å². The lowest BCUT2D eigenvalue weighted by atomic mass is 9.93. The number of nitrogens with zero attached hydrogens (tertiary/aromatic N) is 2. The molecule has 3 rings (SSSR count). The highest BCUT2D eigenvalue weighted by molar-refractivity contribution is 5.70. The number of rotatable bonds is 2. The van der Waals surface area contributed by atoms with Crippen molar-refractivity contribution in [1.29, 1.82) is 0 Å². The summed E-state index contributed by atoms with van der Waals surface area (Å²) in [5.74, 6) is 0.602. The van der Waals surface area contributed by atoms with E-state index in [2.05, 4.69) is 47.1 Å². The first-order valence-electron chi connectivity index (χ1n) is 7.11. The molecule has 0 aliphatic carbocycles. The molecule has 1 aromatic carbocycles. The second-order valence-electron chi connectivity index (χ2n) is 5.66. The van der Waals surface area contributed by atoms with E-state index in [4.69, 9.17) is 0 Å². The summed E-state index contributed by atoms with van der Waals surface area (Å²) in [6.07, 6.45) is 2.90. The van der Waals surface area contributed by atoms with Gasteiger partial charge in [0.1, 0.15) is 0 Å². The number of aryl methyl sites for hydroxylation is 1. The smallest absolute Gasteiger partial charge is 0.0717 e. The third kappa shape index (κ3) is 2.29. The molecule has 0 fully saturated rings. The molecule has 0 amide bonds. The summed E-state index contributed by atoms with van der Waals surface area (Å²) in [6, 6.07) is 10.6. The molecule has 0 radical (unpaired) electrons. The molecule has 0 saturated heterocycles. The fraction of sp³-hybridized carbons (Fsp3) is 0.353. The number of aromatic nitrogens is 1. The fourth-order valence-corrected chi connectivity index (χ4v) is 2.97. The van der Waals surface area contributed by atoms with Crippen LogP contribution in [-0.4, -0.2) is 16.6 Å². The highest BCUT2D eigenvalue weighted by atomic mass is 16.3. The van der Waals surface area contributed by atoms with Crippen LogP contribution >= 0.6 is 0 Å². The summed E-state index contributed by atoms with van der Waals surface area (Å²) in [7, 11) is 0. The van der Waals surface area contributed by atoms with Crippen molar-refractivity contribution in [3.63, 3.8) is 0 Å². The summed E-state index contributed by atoms with van der Waals surface area (Å²) >= 11 is 0. The van der Waals surface area contributed by atoms with Crippen molar-refractivity contribution in [2.24, 2.45) is 5.92 Å². The normalized spacial score (nSPS) is 17.9. The summed E-state index contributed by atoms with van der Waals surface area (Å²) < 4.78 is 0. The highest BCUT2D eigenvalue weighted by Gasteiger charge is 2.24. The van der Waals surface area contributed by atoms with Crippen molar-refractivity contribution in [2.45, 2.75) is 26.9 Å². The van der Waals surface area contributed by atoms with E-state index in [1.165, 1.54) is 11.3 Å². The maximum atomic E-state index is 9.59. The zero-order valence-electron chi connectivity index (χ0n) is 12.0. The van der Waals surface area contributed by atoms with Gasteiger partial charge in [-0.15, -0.1) is 0 Å². The van der Waals surface area contributed by atoms with Gasteiger partial charge in [0.2, 0.25) is 0 Å². The van der Waals surface area contributed by atoms with Gasteiger partial charge in [-0.2, -0.15) is 0 Å². The minimum Gasteiger partial charge on any atom is -0.392 e. The van der Waals surface area contributed by atoms with Crippen molar-refractivity contribution in [3.05, 3.63) is 53.3 Å². The minimum absolute atomic E-state index is 0.0235. The van der Waals surface area contributed by atoms with Gasteiger partial charge in [-0.25, -0.2) is 0 Å². The van der Waals surface area contributed by atoms with Crippen LogP contribution in [0.15, 0.2) is 36.5 Å². The van der Waals surface area contributed by atoms with Gasteiger partial charge in [0.25, 0.3) is 0 Å². The summed E-state index contributed by atoms with van der Waals surface area (Å²) in [5, 5.41) is 9.59. The number of hydrogen-bond acceptors (Lipinski definition) is 3. The Kier molecular flexibility index (Phi) is 3.45. The molecule has 0 saturated carbocycles. The van der Waals surface area contributed by atoms with Crippen LogP contribution in [0.4, 0.5) is 11.4 Å². The second kappa shape index (κ2) is 5.25. The number of hydrogen-bond donors (Lipinski definition) is 1. The molecular formula is C17H20N2O. The first-order valence-corrected chi connectivity index (χ1v) is 7.11. The molecular weight excluding hydrogens is 248 g/mol. The van der Waals surface area contributed by atoms with Crippen LogP contribution in [0.3, 0.4) is 0 Å². The van der Waals surface area contributed by atoms with Gasteiger partial charge >= 0.3 is 0 Å². The van der Waals surface area contributed by atoms with E-state index in [9.17, 15) is 5.11 Å². The van der Waals surface area contributed by atoms with Crippen LogP contribution in [-0.2, 0) is 13.0 Å². The lowest BCUT2D eigenvalue weighted by Gasteiger charge is -2.36. The molecule has 1 aromatic heterocycles. The molecule has 1 aliphatic rings. The second-order valence-corrected chi connectivity index (χ2v) is 5.66. The molecule has 104 valence electrons. The first kappa shape index (κ1) is 13.1. The summed E-state index contributed by atoms with van der Waals surface area (Å²) in [6.45, 7) is 5.27. The van der Waals surface area contributed by atoms with Crippen LogP contribution in [0.1, 0.15) is 23.7 Å². The lowest BCUT2D eigenvalue weighted by molar-refractivity contribution is 0.281. The van der Waals surface area contributed by atoms with Crippen molar-refractivity contribution < 1.29 is 5.11 Å². The Hall–Kier alpha value is -1.87. The van der Waals surface area contributed by atoms with E-state index in [-0.39, 0.29) is 6.61 Å². The molecule has 2 heterocycles. The van der Waals surface area contributed by atoms with E-state index in [0.717, 1.165) is 29.9 Å². The maximum Gasteiger partial charge on any atom is 0.0717 e. The number of aliphatic hydroxyl groups is 1. The number of pyridine rings is 1. The monoisotopic (exact) mass is 268 g/mol. The molecule has 2 aromatic rings. The Labute approximate surface area is 119 Å².